The summed E-state index contributed by atoms with van der Waals surface area (Å²) < 4.78 is 0. The van der Waals surface area contributed by atoms with Crippen molar-refractivity contribution in [1.82, 2.24) is 16.0 Å². The highest BCUT2D eigenvalue weighted by Crippen LogP contribution is 2.09. The molecule has 0 aliphatic heterocycles. The Balaban J connectivity index is 5.63. The largest absolute Gasteiger partial charge is 0.481 e. The molecule has 0 heterocycles. The SMILES string of the molecule is CCC(C)C(NC(=O)C(CC(N)=O)NC(=O)C(CCC(=O)O)NC(=O)C(N)CC(C)C)C(=O)O. The van der Waals surface area contributed by atoms with Gasteiger partial charge in [0.15, 0.2) is 0 Å². The molecule has 9 N–H and O–H groups in total. The molecule has 0 bridgehead atoms. The predicted molar refractivity (Wildman–Crippen MR) is 121 cm³/mol. The summed E-state index contributed by atoms with van der Waals surface area (Å²) in [4.78, 5) is 71.9. The Morgan fingerprint density at radius 2 is 1.38 bits per heavy atom. The van der Waals surface area contributed by atoms with Crippen LogP contribution in [0.5, 0.6) is 0 Å². The van der Waals surface area contributed by atoms with Crippen molar-refractivity contribution in [2.75, 3.05) is 0 Å². The van der Waals surface area contributed by atoms with Crippen molar-refractivity contribution in [3.8, 4) is 0 Å². The Morgan fingerprint density at radius 1 is 0.853 bits per heavy atom. The van der Waals surface area contributed by atoms with E-state index >= 15 is 0 Å². The number of carbonyl (C=O) groups excluding carboxylic acids is 4. The summed E-state index contributed by atoms with van der Waals surface area (Å²) in [5.74, 6) is -6.40. The normalized spacial score (nSPS) is 15.4. The summed E-state index contributed by atoms with van der Waals surface area (Å²) in [7, 11) is 0. The number of nitrogens with two attached hydrogens (primary N) is 2. The van der Waals surface area contributed by atoms with Crippen LogP contribution in [0.2, 0.25) is 0 Å². The highest BCUT2D eigenvalue weighted by molar-refractivity contribution is 5.96. The van der Waals surface area contributed by atoms with Crippen LogP contribution in [0.1, 0.15) is 59.8 Å². The fourth-order valence-corrected chi connectivity index (χ4v) is 3.05. The van der Waals surface area contributed by atoms with Crippen molar-refractivity contribution in [2.24, 2.45) is 23.3 Å². The van der Waals surface area contributed by atoms with Gasteiger partial charge in [-0.15, -0.1) is 0 Å². The maximum Gasteiger partial charge on any atom is 0.326 e. The minimum Gasteiger partial charge on any atom is -0.481 e. The number of hydrogen-bond donors (Lipinski definition) is 7. The van der Waals surface area contributed by atoms with Crippen molar-refractivity contribution < 1.29 is 39.0 Å². The zero-order valence-corrected chi connectivity index (χ0v) is 20.0. The molecule has 0 fully saturated rings. The molecule has 0 saturated carbocycles. The van der Waals surface area contributed by atoms with Crippen LogP contribution >= 0.6 is 0 Å². The van der Waals surface area contributed by atoms with Crippen LogP contribution in [0.25, 0.3) is 0 Å². The molecule has 0 aromatic heterocycles. The van der Waals surface area contributed by atoms with Gasteiger partial charge in [-0.1, -0.05) is 34.1 Å². The topological polar surface area (TPSA) is 231 Å². The lowest BCUT2D eigenvalue weighted by Crippen LogP contribution is -2.58. The second-order valence-corrected chi connectivity index (χ2v) is 8.67. The fourth-order valence-electron chi connectivity index (χ4n) is 3.05. The molecule has 4 amide bonds. The van der Waals surface area contributed by atoms with Crippen LogP contribution in [0, 0.1) is 11.8 Å². The Hall–Kier alpha value is -3.22. The van der Waals surface area contributed by atoms with E-state index < -0.39 is 78.5 Å². The molecular weight excluding hydrogens is 450 g/mol. The molecule has 0 spiro atoms. The number of primary amides is 1. The van der Waals surface area contributed by atoms with Crippen LogP contribution < -0.4 is 27.4 Å². The quantitative estimate of drug-likeness (QED) is 0.137. The maximum atomic E-state index is 12.8. The molecule has 13 heteroatoms. The second-order valence-electron chi connectivity index (χ2n) is 8.67. The van der Waals surface area contributed by atoms with Gasteiger partial charge in [0.05, 0.1) is 12.5 Å². The Morgan fingerprint density at radius 3 is 1.82 bits per heavy atom. The van der Waals surface area contributed by atoms with Gasteiger partial charge in [-0.3, -0.25) is 24.0 Å². The van der Waals surface area contributed by atoms with Crippen LogP contribution in [-0.2, 0) is 28.8 Å². The Bertz CT molecular complexity index is 757. The van der Waals surface area contributed by atoms with E-state index in [1.165, 1.54) is 0 Å². The Kier molecular flexibility index (Phi) is 13.4. The lowest BCUT2D eigenvalue weighted by atomic mass is 9.98. The van der Waals surface area contributed by atoms with Gasteiger partial charge in [0.1, 0.15) is 18.1 Å². The molecule has 34 heavy (non-hydrogen) atoms. The third-order valence-corrected chi connectivity index (χ3v) is 5.16. The van der Waals surface area contributed by atoms with E-state index in [-0.39, 0.29) is 12.3 Å². The molecule has 0 aromatic carbocycles. The first-order valence-corrected chi connectivity index (χ1v) is 11.1. The Labute approximate surface area is 198 Å². The van der Waals surface area contributed by atoms with Gasteiger partial charge in [0.25, 0.3) is 0 Å². The van der Waals surface area contributed by atoms with Gasteiger partial charge in [-0.05, 0) is 24.7 Å². The predicted octanol–water partition coefficient (Wildman–Crippen LogP) is -1.31. The molecule has 0 aliphatic carbocycles. The number of hydrogen-bond acceptors (Lipinski definition) is 7. The molecule has 0 radical (unpaired) electrons. The number of carboxylic acid groups (broad SMARTS) is 2. The minimum absolute atomic E-state index is 0.0865. The molecule has 13 nitrogen and oxygen atoms in total. The molecule has 194 valence electrons. The van der Waals surface area contributed by atoms with E-state index in [1.54, 1.807) is 13.8 Å². The van der Waals surface area contributed by atoms with Gasteiger partial charge in [0, 0.05) is 6.42 Å². The summed E-state index contributed by atoms with van der Waals surface area (Å²) in [6.07, 6.45) is -0.671. The highest BCUT2D eigenvalue weighted by atomic mass is 16.4. The maximum absolute atomic E-state index is 12.8. The zero-order valence-electron chi connectivity index (χ0n) is 20.0. The third-order valence-electron chi connectivity index (χ3n) is 5.16. The third kappa shape index (κ3) is 11.6. The number of aliphatic carboxylic acids is 2. The lowest BCUT2D eigenvalue weighted by Gasteiger charge is -2.26. The van der Waals surface area contributed by atoms with Crippen LogP contribution in [0.15, 0.2) is 0 Å². The molecule has 0 aliphatic rings. The lowest BCUT2D eigenvalue weighted by molar-refractivity contribution is -0.144. The average Bonchev–Trinajstić information content (AvgIpc) is 2.72. The molecule has 0 aromatic rings. The minimum atomic E-state index is -1.54. The summed E-state index contributed by atoms with van der Waals surface area (Å²) in [5.41, 5.74) is 11.0. The van der Waals surface area contributed by atoms with Gasteiger partial charge in [-0.2, -0.15) is 0 Å². The average molecular weight is 488 g/mol. The van der Waals surface area contributed by atoms with Crippen molar-refractivity contribution in [2.45, 2.75) is 84.0 Å². The molecular formula is C21H37N5O8. The fraction of sp³-hybridized carbons (Fsp3) is 0.714. The smallest absolute Gasteiger partial charge is 0.326 e. The first-order valence-electron chi connectivity index (χ1n) is 11.1. The summed E-state index contributed by atoms with van der Waals surface area (Å²) in [5, 5.41) is 25.3. The highest BCUT2D eigenvalue weighted by Gasteiger charge is 2.32. The van der Waals surface area contributed by atoms with Gasteiger partial charge in [-0.25, -0.2) is 4.79 Å². The van der Waals surface area contributed by atoms with E-state index in [2.05, 4.69) is 16.0 Å². The van der Waals surface area contributed by atoms with Crippen molar-refractivity contribution >= 4 is 35.6 Å². The first kappa shape index (κ1) is 30.8. The summed E-state index contributed by atoms with van der Waals surface area (Å²) >= 11 is 0. The molecule has 0 saturated heterocycles. The van der Waals surface area contributed by atoms with Gasteiger partial charge < -0.3 is 37.6 Å². The number of carboxylic acids is 2. The van der Waals surface area contributed by atoms with E-state index in [1.807, 2.05) is 13.8 Å². The van der Waals surface area contributed by atoms with Gasteiger partial charge >= 0.3 is 11.9 Å². The monoisotopic (exact) mass is 487 g/mol. The summed E-state index contributed by atoms with van der Waals surface area (Å²) in [6.45, 7) is 7.03. The van der Waals surface area contributed by atoms with Crippen molar-refractivity contribution in [3.05, 3.63) is 0 Å². The van der Waals surface area contributed by atoms with E-state index in [0.717, 1.165) is 0 Å². The van der Waals surface area contributed by atoms with E-state index in [4.69, 9.17) is 16.6 Å². The zero-order chi connectivity index (χ0) is 26.6. The van der Waals surface area contributed by atoms with Crippen molar-refractivity contribution in [3.63, 3.8) is 0 Å². The molecule has 5 unspecified atom stereocenters. The number of carbonyl (C=O) groups is 6. The standard InChI is InChI=1S/C21H37N5O8/c1-5-11(4)17(21(33)34)26-20(32)14(9-15(23)27)25-19(31)13(6-7-16(28)29)24-18(30)12(22)8-10(2)3/h10-14,17H,5-9,22H2,1-4H3,(H2,23,27)(H,24,30)(H,25,31)(H,26,32)(H,28,29)(H,33,34). The van der Waals surface area contributed by atoms with Crippen molar-refractivity contribution in [1.29, 1.82) is 0 Å². The second kappa shape index (κ2) is 14.8. The molecule has 5 atom stereocenters. The van der Waals surface area contributed by atoms with E-state index in [9.17, 15) is 33.9 Å². The van der Waals surface area contributed by atoms with Crippen LogP contribution in [0.3, 0.4) is 0 Å². The number of amides is 4. The van der Waals surface area contributed by atoms with Gasteiger partial charge in [0.2, 0.25) is 23.6 Å². The molecule has 0 rings (SSSR count). The van der Waals surface area contributed by atoms with Crippen LogP contribution in [0.4, 0.5) is 0 Å². The number of nitrogens with one attached hydrogen (secondary N) is 3. The van der Waals surface area contributed by atoms with E-state index in [0.29, 0.717) is 12.8 Å². The number of rotatable bonds is 16. The summed E-state index contributed by atoms with van der Waals surface area (Å²) in [6, 6.07) is -5.13. The first-order chi connectivity index (χ1) is 15.7. The van der Waals surface area contributed by atoms with Crippen LogP contribution in [-0.4, -0.2) is 69.9 Å².